The van der Waals surface area contributed by atoms with Crippen LogP contribution in [0.15, 0.2) is 36.4 Å². The highest BCUT2D eigenvalue weighted by atomic mass is 35.5. The fourth-order valence-electron chi connectivity index (χ4n) is 0.847. The van der Waals surface area contributed by atoms with Gasteiger partial charge in [0.1, 0.15) is 0 Å². The van der Waals surface area contributed by atoms with Crippen LogP contribution >= 0.6 is 11.6 Å². The summed E-state index contributed by atoms with van der Waals surface area (Å²) in [5, 5.41) is 12.2. The van der Waals surface area contributed by atoms with Gasteiger partial charge in [0, 0.05) is 22.8 Å². The first-order valence-corrected chi connectivity index (χ1v) is 4.17. The van der Waals surface area contributed by atoms with Crippen LogP contribution in [0.2, 0.25) is 5.02 Å². The predicted molar refractivity (Wildman–Crippen MR) is 54.7 cm³/mol. The lowest BCUT2D eigenvalue weighted by atomic mass is 10.3. The van der Waals surface area contributed by atoms with Crippen molar-refractivity contribution in [3.05, 3.63) is 41.4 Å². The first-order chi connectivity index (χ1) is 6.22. The van der Waals surface area contributed by atoms with E-state index in [1.807, 2.05) is 18.2 Å². The molecule has 1 aromatic carbocycles. The van der Waals surface area contributed by atoms with E-state index in [9.17, 15) is 0 Å². The monoisotopic (exact) mass is 192 g/mol. The summed E-state index contributed by atoms with van der Waals surface area (Å²) in [7, 11) is 0. The van der Waals surface area contributed by atoms with Gasteiger partial charge >= 0.3 is 0 Å². The van der Waals surface area contributed by atoms with Crippen LogP contribution in [-0.4, -0.2) is 6.54 Å². The molecule has 0 unspecified atom stereocenters. The van der Waals surface area contributed by atoms with Gasteiger partial charge in [-0.05, 0) is 18.2 Å². The topological polar surface area (TPSA) is 35.8 Å². The van der Waals surface area contributed by atoms with Crippen LogP contribution in [0.4, 0.5) is 5.69 Å². The molecular weight excluding hydrogens is 184 g/mol. The molecule has 0 amide bonds. The van der Waals surface area contributed by atoms with Crippen molar-refractivity contribution in [3.63, 3.8) is 0 Å². The Labute approximate surface area is 82.4 Å². The molecule has 1 rings (SSSR count). The minimum Gasteiger partial charge on any atom is -0.380 e. The van der Waals surface area contributed by atoms with E-state index in [2.05, 4.69) is 11.9 Å². The molecule has 0 saturated carbocycles. The van der Waals surface area contributed by atoms with E-state index in [0.717, 1.165) is 5.69 Å². The molecule has 66 valence electrons. The Morgan fingerprint density at radius 1 is 1.62 bits per heavy atom. The van der Waals surface area contributed by atoms with Crippen LogP contribution in [-0.2, 0) is 0 Å². The van der Waals surface area contributed by atoms with Gasteiger partial charge in [-0.15, -0.1) is 0 Å². The SMILES string of the molecule is C=C(C#N)CNc1cccc(Cl)c1. The minimum atomic E-state index is 0.455. The van der Waals surface area contributed by atoms with Crippen LogP contribution in [0.5, 0.6) is 0 Å². The van der Waals surface area contributed by atoms with Gasteiger partial charge in [0.05, 0.1) is 6.07 Å². The maximum Gasteiger partial charge on any atom is 0.0959 e. The molecule has 0 bridgehead atoms. The lowest BCUT2D eigenvalue weighted by Crippen LogP contribution is -2.02. The summed E-state index contributed by atoms with van der Waals surface area (Å²) < 4.78 is 0. The number of nitrogens with zero attached hydrogens (tertiary/aromatic N) is 1. The first kappa shape index (κ1) is 9.63. The molecule has 0 spiro atoms. The van der Waals surface area contributed by atoms with Gasteiger partial charge < -0.3 is 5.32 Å². The standard InChI is InChI=1S/C10H9ClN2/c1-8(6-12)7-13-10-4-2-3-9(11)5-10/h2-5,13H,1,7H2. The number of nitriles is 1. The third-order valence-corrected chi connectivity index (χ3v) is 1.72. The Kier molecular flexibility index (Phi) is 3.36. The van der Waals surface area contributed by atoms with Crippen LogP contribution in [0, 0.1) is 11.3 Å². The molecule has 0 fully saturated rings. The molecule has 0 aromatic heterocycles. The zero-order valence-electron chi connectivity index (χ0n) is 7.05. The van der Waals surface area contributed by atoms with Crippen molar-refractivity contribution in [1.82, 2.24) is 0 Å². The molecule has 0 aliphatic carbocycles. The van der Waals surface area contributed by atoms with E-state index < -0.39 is 0 Å². The average molecular weight is 193 g/mol. The van der Waals surface area contributed by atoms with E-state index in [4.69, 9.17) is 16.9 Å². The quantitative estimate of drug-likeness (QED) is 0.748. The fraction of sp³-hybridized carbons (Fsp3) is 0.100. The third kappa shape index (κ3) is 3.18. The molecule has 1 aromatic rings. The Bertz CT molecular complexity index is 352. The molecule has 0 radical (unpaired) electrons. The van der Waals surface area contributed by atoms with E-state index in [0.29, 0.717) is 17.1 Å². The van der Waals surface area contributed by atoms with Crippen LogP contribution in [0.25, 0.3) is 0 Å². The smallest absolute Gasteiger partial charge is 0.0959 e. The maximum absolute atomic E-state index is 8.45. The zero-order valence-corrected chi connectivity index (χ0v) is 7.80. The molecule has 3 heteroatoms. The maximum atomic E-state index is 8.45. The van der Waals surface area contributed by atoms with Crippen molar-refractivity contribution in [2.45, 2.75) is 0 Å². The van der Waals surface area contributed by atoms with Crippen molar-refractivity contribution in [2.24, 2.45) is 0 Å². The highest BCUT2D eigenvalue weighted by Crippen LogP contribution is 2.14. The summed E-state index contributed by atoms with van der Waals surface area (Å²) in [6.45, 7) is 4.01. The number of hydrogen-bond donors (Lipinski definition) is 1. The van der Waals surface area contributed by atoms with Crippen LogP contribution in [0.3, 0.4) is 0 Å². The molecule has 0 aliphatic heterocycles. The third-order valence-electron chi connectivity index (χ3n) is 1.49. The van der Waals surface area contributed by atoms with Gasteiger partial charge in [0.25, 0.3) is 0 Å². The van der Waals surface area contributed by atoms with Gasteiger partial charge in [0.2, 0.25) is 0 Å². The Balaban J connectivity index is 2.56. The Morgan fingerprint density at radius 2 is 2.38 bits per heavy atom. The van der Waals surface area contributed by atoms with Crippen molar-refractivity contribution >= 4 is 17.3 Å². The highest BCUT2D eigenvalue weighted by molar-refractivity contribution is 6.30. The van der Waals surface area contributed by atoms with Gasteiger partial charge in [-0.3, -0.25) is 0 Å². The van der Waals surface area contributed by atoms with Gasteiger partial charge in [-0.2, -0.15) is 5.26 Å². The average Bonchev–Trinajstić information content (AvgIpc) is 2.14. The minimum absolute atomic E-state index is 0.455. The molecule has 0 saturated heterocycles. The molecular formula is C10H9ClN2. The lowest BCUT2D eigenvalue weighted by molar-refractivity contribution is 1.27. The number of rotatable bonds is 3. The molecule has 0 atom stereocenters. The molecule has 13 heavy (non-hydrogen) atoms. The van der Waals surface area contributed by atoms with Crippen molar-refractivity contribution in [2.75, 3.05) is 11.9 Å². The second-order valence-electron chi connectivity index (χ2n) is 2.58. The highest BCUT2D eigenvalue weighted by Gasteiger charge is 1.93. The molecule has 0 aliphatic rings. The number of hydrogen-bond acceptors (Lipinski definition) is 2. The number of anilines is 1. The summed E-state index contributed by atoms with van der Waals surface area (Å²) in [5.41, 5.74) is 1.39. The van der Waals surface area contributed by atoms with E-state index in [1.54, 1.807) is 12.1 Å². The molecule has 0 heterocycles. The number of halogens is 1. The van der Waals surface area contributed by atoms with E-state index in [-0.39, 0.29) is 0 Å². The van der Waals surface area contributed by atoms with Crippen molar-refractivity contribution < 1.29 is 0 Å². The largest absolute Gasteiger partial charge is 0.380 e. The molecule has 1 N–H and O–H groups in total. The summed E-state index contributed by atoms with van der Waals surface area (Å²) in [4.78, 5) is 0. The summed E-state index contributed by atoms with van der Waals surface area (Å²) in [5.74, 6) is 0. The molecule has 2 nitrogen and oxygen atoms in total. The first-order valence-electron chi connectivity index (χ1n) is 3.79. The van der Waals surface area contributed by atoms with Gasteiger partial charge in [-0.1, -0.05) is 24.2 Å². The second kappa shape index (κ2) is 4.54. The summed E-state index contributed by atoms with van der Waals surface area (Å²) in [6.07, 6.45) is 0. The number of nitrogens with one attached hydrogen (secondary N) is 1. The van der Waals surface area contributed by atoms with Crippen LogP contribution in [0.1, 0.15) is 0 Å². The Morgan fingerprint density at radius 3 is 3.00 bits per heavy atom. The van der Waals surface area contributed by atoms with Crippen molar-refractivity contribution in [1.29, 1.82) is 5.26 Å². The van der Waals surface area contributed by atoms with Gasteiger partial charge in [-0.25, -0.2) is 0 Å². The summed E-state index contributed by atoms with van der Waals surface area (Å²) >= 11 is 5.77. The fourth-order valence-corrected chi connectivity index (χ4v) is 1.04. The number of benzene rings is 1. The van der Waals surface area contributed by atoms with Crippen molar-refractivity contribution in [3.8, 4) is 6.07 Å². The van der Waals surface area contributed by atoms with Gasteiger partial charge in [0.15, 0.2) is 0 Å². The summed E-state index contributed by atoms with van der Waals surface area (Å²) in [6, 6.07) is 9.29. The second-order valence-corrected chi connectivity index (χ2v) is 3.02. The normalized spacial score (nSPS) is 8.92. The zero-order chi connectivity index (χ0) is 9.68. The van der Waals surface area contributed by atoms with E-state index in [1.165, 1.54) is 0 Å². The Hall–Kier alpha value is -1.46. The predicted octanol–water partition coefficient (Wildman–Crippen LogP) is 2.83. The van der Waals surface area contributed by atoms with E-state index >= 15 is 0 Å². The lowest BCUT2D eigenvalue weighted by Gasteiger charge is -2.04. The van der Waals surface area contributed by atoms with Crippen LogP contribution < -0.4 is 5.32 Å².